The highest BCUT2D eigenvalue weighted by atomic mass is 79.9. The summed E-state index contributed by atoms with van der Waals surface area (Å²) in [6, 6.07) is 5.19. The fourth-order valence-electron chi connectivity index (χ4n) is 1.10. The average molecular weight is 282 g/mol. The lowest BCUT2D eigenvalue weighted by molar-refractivity contribution is 0.0935. The third-order valence-corrected chi connectivity index (χ3v) is 2.92. The van der Waals surface area contributed by atoms with Crippen LogP contribution >= 0.6 is 15.9 Å². The Kier molecular flexibility index (Phi) is 4.93. The van der Waals surface area contributed by atoms with Gasteiger partial charge in [-0.3, -0.25) is 4.79 Å². The smallest absolute Gasteiger partial charge is 0.270 e. The first-order valence-electron chi connectivity index (χ1n) is 4.94. The Morgan fingerprint density at radius 2 is 2.44 bits per heavy atom. The van der Waals surface area contributed by atoms with Gasteiger partial charge in [-0.25, -0.2) is 4.98 Å². The van der Waals surface area contributed by atoms with Crippen molar-refractivity contribution in [3.8, 4) is 6.07 Å². The summed E-state index contributed by atoms with van der Waals surface area (Å²) in [5.74, 6) is -0.212. The molecule has 0 bridgehead atoms. The SMILES string of the molecule is CCC(CBr)NC(=O)c1ccc(C#N)cn1. The average Bonchev–Trinajstić information content (AvgIpc) is 2.35. The monoisotopic (exact) mass is 281 g/mol. The molecule has 0 aliphatic carbocycles. The van der Waals surface area contributed by atoms with Crippen LogP contribution in [-0.2, 0) is 0 Å². The van der Waals surface area contributed by atoms with E-state index in [2.05, 4.69) is 26.2 Å². The number of nitriles is 1. The Labute approximate surface area is 103 Å². The molecule has 1 unspecified atom stereocenters. The molecule has 0 spiro atoms. The number of aromatic nitrogens is 1. The van der Waals surface area contributed by atoms with Crippen LogP contribution in [0.5, 0.6) is 0 Å². The van der Waals surface area contributed by atoms with E-state index in [1.54, 1.807) is 12.1 Å². The summed E-state index contributed by atoms with van der Waals surface area (Å²) in [4.78, 5) is 15.6. The number of pyridine rings is 1. The highest BCUT2D eigenvalue weighted by molar-refractivity contribution is 9.09. The highest BCUT2D eigenvalue weighted by Gasteiger charge is 2.11. The van der Waals surface area contributed by atoms with Crippen LogP contribution in [0, 0.1) is 11.3 Å². The standard InChI is InChI=1S/C11H12BrN3O/c1-2-9(5-12)15-11(16)10-4-3-8(6-13)7-14-10/h3-4,7,9H,2,5H2,1H3,(H,15,16). The number of amides is 1. The minimum Gasteiger partial charge on any atom is -0.347 e. The molecule has 1 N–H and O–H groups in total. The predicted octanol–water partition coefficient (Wildman–Crippen LogP) is 1.86. The second-order valence-corrected chi connectivity index (χ2v) is 3.92. The van der Waals surface area contributed by atoms with E-state index in [1.165, 1.54) is 6.20 Å². The number of alkyl halides is 1. The fraction of sp³-hybridized carbons (Fsp3) is 0.364. The zero-order chi connectivity index (χ0) is 12.0. The number of hydrogen-bond acceptors (Lipinski definition) is 3. The second-order valence-electron chi connectivity index (χ2n) is 3.28. The third kappa shape index (κ3) is 3.31. The summed E-state index contributed by atoms with van der Waals surface area (Å²) in [7, 11) is 0. The predicted molar refractivity (Wildman–Crippen MR) is 64.3 cm³/mol. The van der Waals surface area contributed by atoms with Crippen LogP contribution in [0.1, 0.15) is 29.4 Å². The van der Waals surface area contributed by atoms with E-state index in [0.29, 0.717) is 16.6 Å². The molecule has 0 aromatic carbocycles. The molecule has 1 amide bonds. The molecule has 0 saturated carbocycles. The van der Waals surface area contributed by atoms with Crippen molar-refractivity contribution in [1.82, 2.24) is 10.3 Å². The lowest BCUT2D eigenvalue weighted by Crippen LogP contribution is -2.35. The molecule has 1 atom stereocenters. The van der Waals surface area contributed by atoms with Crippen LogP contribution in [-0.4, -0.2) is 22.3 Å². The summed E-state index contributed by atoms with van der Waals surface area (Å²) in [6.45, 7) is 2.00. The maximum atomic E-state index is 11.7. The second kappa shape index (κ2) is 6.23. The van der Waals surface area contributed by atoms with Gasteiger partial charge in [0, 0.05) is 17.6 Å². The van der Waals surface area contributed by atoms with Gasteiger partial charge in [0.2, 0.25) is 0 Å². The van der Waals surface area contributed by atoms with Crippen LogP contribution < -0.4 is 5.32 Å². The molecule has 1 aromatic rings. The van der Waals surface area contributed by atoms with Crippen molar-refractivity contribution in [2.24, 2.45) is 0 Å². The molecule has 0 aliphatic rings. The molecule has 1 rings (SSSR count). The van der Waals surface area contributed by atoms with Gasteiger partial charge < -0.3 is 5.32 Å². The van der Waals surface area contributed by atoms with E-state index in [-0.39, 0.29) is 11.9 Å². The number of rotatable bonds is 4. The number of hydrogen-bond donors (Lipinski definition) is 1. The lowest BCUT2D eigenvalue weighted by atomic mass is 10.2. The third-order valence-electron chi connectivity index (χ3n) is 2.14. The lowest BCUT2D eigenvalue weighted by Gasteiger charge is -2.13. The number of carbonyl (C=O) groups excluding carboxylic acids is 1. The quantitative estimate of drug-likeness (QED) is 0.857. The minimum absolute atomic E-state index is 0.102. The van der Waals surface area contributed by atoms with E-state index >= 15 is 0 Å². The van der Waals surface area contributed by atoms with Gasteiger partial charge in [0.15, 0.2) is 0 Å². The van der Waals surface area contributed by atoms with Crippen molar-refractivity contribution in [2.45, 2.75) is 19.4 Å². The van der Waals surface area contributed by atoms with Crippen molar-refractivity contribution in [1.29, 1.82) is 5.26 Å². The normalized spacial score (nSPS) is 11.6. The van der Waals surface area contributed by atoms with Crippen molar-refractivity contribution in [3.63, 3.8) is 0 Å². The van der Waals surface area contributed by atoms with Gasteiger partial charge in [-0.1, -0.05) is 22.9 Å². The van der Waals surface area contributed by atoms with Crippen LogP contribution in [0.4, 0.5) is 0 Å². The number of nitrogens with zero attached hydrogens (tertiary/aromatic N) is 2. The van der Waals surface area contributed by atoms with Crippen molar-refractivity contribution in [3.05, 3.63) is 29.6 Å². The Bertz CT molecular complexity index is 393. The van der Waals surface area contributed by atoms with Gasteiger partial charge in [0.05, 0.1) is 5.56 Å². The first-order chi connectivity index (χ1) is 7.71. The number of carbonyl (C=O) groups is 1. The van der Waals surface area contributed by atoms with Crippen molar-refractivity contribution in [2.75, 3.05) is 5.33 Å². The Hall–Kier alpha value is -1.41. The first-order valence-corrected chi connectivity index (χ1v) is 6.06. The summed E-state index contributed by atoms with van der Waals surface area (Å²) in [6.07, 6.45) is 2.25. The zero-order valence-corrected chi connectivity index (χ0v) is 10.5. The fourth-order valence-corrected chi connectivity index (χ4v) is 1.72. The maximum absolute atomic E-state index is 11.7. The Balaban J connectivity index is 2.70. The van der Waals surface area contributed by atoms with Gasteiger partial charge in [0.25, 0.3) is 5.91 Å². The van der Waals surface area contributed by atoms with Crippen molar-refractivity contribution >= 4 is 21.8 Å². The van der Waals surface area contributed by atoms with Gasteiger partial charge >= 0.3 is 0 Å². The van der Waals surface area contributed by atoms with Crippen LogP contribution in [0.25, 0.3) is 0 Å². The highest BCUT2D eigenvalue weighted by Crippen LogP contribution is 2.01. The van der Waals surface area contributed by atoms with Gasteiger partial charge in [-0.05, 0) is 18.6 Å². The molecule has 1 heterocycles. The van der Waals surface area contributed by atoms with Crippen LogP contribution in [0.15, 0.2) is 18.3 Å². The Morgan fingerprint density at radius 3 is 2.88 bits per heavy atom. The molecular weight excluding hydrogens is 270 g/mol. The number of nitrogens with one attached hydrogen (secondary N) is 1. The minimum atomic E-state index is -0.212. The van der Waals surface area contributed by atoms with E-state index in [9.17, 15) is 4.79 Å². The van der Waals surface area contributed by atoms with E-state index in [0.717, 1.165) is 6.42 Å². The maximum Gasteiger partial charge on any atom is 0.270 e. The zero-order valence-electron chi connectivity index (χ0n) is 8.90. The Morgan fingerprint density at radius 1 is 1.69 bits per heavy atom. The van der Waals surface area contributed by atoms with Gasteiger partial charge in [-0.2, -0.15) is 5.26 Å². The van der Waals surface area contributed by atoms with E-state index < -0.39 is 0 Å². The molecule has 0 radical (unpaired) electrons. The summed E-state index contributed by atoms with van der Waals surface area (Å²) in [5, 5.41) is 12.1. The van der Waals surface area contributed by atoms with Crippen molar-refractivity contribution < 1.29 is 4.79 Å². The van der Waals surface area contributed by atoms with Gasteiger partial charge in [0.1, 0.15) is 11.8 Å². The first kappa shape index (κ1) is 12.7. The molecule has 0 aliphatic heterocycles. The summed E-state index contributed by atoms with van der Waals surface area (Å²) < 4.78 is 0. The van der Waals surface area contributed by atoms with E-state index in [1.807, 2.05) is 13.0 Å². The molecule has 1 aromatic heterocycles. The molecule has 16 heavy (non-hydrogen) atoms. The summed E-state index contributed by atoms with van der Waals surface area (Å²) >= 11 is 3.32. The molecular formula is C11H12BrN3O. The molecule has 84 valence electrons. The van der Waals surface area contributed by atoms with Crippen LogP contribution in [0.2, 0.25) is 0 Å². The van der Waals surface area contributed by atoms with E-state index in [4.69, 9.17) is 5.26 Å². The molecule has 0 saturated heterocycles. The van der Waals surface area contributed by atoms with Gasteiger partial charge in [-0.15, -0.1) is 0 Å². The molecule has 5 heteroatoms. The summed E-state index contributed by atoms with van der Waals surface area (Å²) in [5.41, 5.74) is 0.780. The largest absolute Gasteiger partial charge is 0.347 e. The number of halogens is 1. The molecule has 0 fully saturated rings. The van der Waals surface area contributed by atoms with Crippen LogP contribution in [0.3, 0.4) is 0 Å². The topological polar surface area (TPSA) is 65.8 Å². The molecule has 4 nitrogen and oxygen atoms in total.